The third-order valence-electron chi connectivity index (χ3n) is 2.95. The van der Waals surface area contributed by atoms with Crippen molar-refractivity contribution in [3.8, 4) is 0 Å². The average Bonchev–Trinajstić information content (AvgIpc) is 2.34. The molecule has 0 spiro atoms. The lowest BCUT2D eigenvalue weighted by atomic mass is 10.1. The zero-order chi connectivity index (χ0) is 14.3. The van der Waals surface area contributed by atoms with E-state index in [0.717, 1.165) is 25.7 Å². The molecule has 6 heteroatoms. The van der Waals surface area contributed by atoms with Crippen molar-refractivity contribution in [1.82, 2.24) is 10.6 Å². The minimum absolute atomic E-state index is 0.439. The first-order valence-electron chi connectivity index (χ1n) is 7.19. The van der Waals surface area contributed by atoms with Crippen molar-refractivity contribution in [2.45, 2.75) is 57.8 Å². The molecule has 0 fully saturated rings. The molecule has 4 amide bonds. The van der Waals surface area contributed by atoms with Crippen LogP contribution in [0.1, 0.15) is 57.8 Å². The van der Waals surface area contributed by atoms with Gasteiger partial charge in [-0.2, -0.15) is 0 Å². The second kappa shape index (κ2) is 13.0. The van der Waals surface area contributed by atoms with Gasteiger partial charge in [-0.3, -0.25) is 0 Å². The van der Waals surface area contributed by atoms with Crippen molar-refractivity contribution in [2.24, 2.45) is 11.5 Å². The molecular formula is C13H28N4O2. The van der Waals surface area contributed by atoms with Crippen LogP contribution in [0.3, 0.4) is 0 Å². The molecule has 0 bridgehead atoms. The smallest absolute Gasteiger partial charge is 0.312 e. The molecule has 0 atom stereocenters. The Balaban J connectivity index is 2.99. The van der Waals surface area contributed by atoms with Gasteiger partial charge in [-0.25, -0.2) is 9.59 Å². The summed E-state index contributed by atoms with van der Waals surface area (Å²) in [5.41, 5.74) is 9.92. The second-order valence-electron chi connectivity index (χ2n) is 4.76. The molecule has 19 heavy (non-hydrogen) atoms. The summed E-state index contributed by atoms with van der Waals surface area (Å²) >= 11 is 0. The predicted molar refractivity (Wildman–Crippen MR) is 76.7 cm³/mol. The van der Waals surface area contributed by atoms with Gasteiger partial charge in [-0.1, -0.05) is 44.9 Å². The molecule has 0 aliphatic heterocycles. The van der Waals surface area contributed by atoms with Gasteiger partial charge < -0.3 is 22.1 Å². The number of primary amides is 2. The molecule has 0 aliphatic rings. The van der Waals surface area contributed by atoms with Crippen LogP contribution in [0.4, 0.5) is 9.59 Å². The first kappa shape index (κ1) is 17.5. The van der Waals surface area contributed by atoms with E-state index in [1.807, 2.05) is 0 Å². The first-order valence-corrected chi connectivity index (χ1v) is 7.19. The number of hydrogen-bond donors (Lipinski definition) is 4. The highest BCUT2D eigenvalue weighted by molar-refractivity contribution is 5.71. The summed E-state index contributed by atoms with van der Waals surface area (Å²) in [6.45, 7) is 1.37. The number of amides is 4. The molecule has 0 heterocycles. The molecule has 0 saturated carbocycles. The lowest BCUT2D eigenvalue weighted by Gasteiger charge is -2.03. The third kappa shape index (κ3) is 16.5. The Bertz CT molecular complexity index is 223. The van der Waals surface area contributed by atoms with E-state index in [1.54, 1.807) is 0 Å². The van der Waals surface area contributed by atoms with E-state index in [9.17, 15) is 9.59 Å². The van der Waals surface area contributed by atoms with E-state index in [2.05, 4.69) is 10.6 Å². The SMILES string of the molecule is NC(=O)NCCCCCCCCCCCNC(N)=O. The maximum absolute atomic E-state index is 10.4. The Morgan fingerprint density at radius 2 is 0.842 bits per heavy atom. The van der Waals surface area contributed by atoms with E-state index < -0.39 is 12.1 Å². The lowest BCUT2D eigenvalue weighted by molar-refractivity contribution is 0.248. The summed E-state index contributed by atoms with van der Waals surface area (Å²) in [7, 11) is 0. The van der Waals surface area contributed by atoms with E-state index in [1.165, 1.54) is 32.1 Å². The van der Waals surface area contributed by atoms with Crippen molar-refractivity contribution in [2.75, 3.05) is 13.1 Å². The van der Waals surface area contributed by atoms with Crippen LogP contribution in [0.25, 0.3) is 0 Å². The summed E-state index contributed by atoms with van der Waals surface area (Å²) in [6, 6.07) is -0.878. The van der Waals surface area contributed by atoms with E-state index in [-0.39, 0.29) is 0 Å². The van der Waals surface area contributed by atoms with Crippen LogP contribution in [0.5, 0.6) is 0 Å². The molecule has 6 N–H and O–H groups in total. The number of carbonyl (C=O) groups is 2. The highest BCUT2D eigenvalue weighted by Crippen LogP contribution is 2.09. The number of urea groups is 2. The molecule has 0 rings (SSSR count). The quantitative estimate of drug-likeness (QED) is 0.406. The summed E-state index contributed by atoms with van der Waals surface area (Å²) < 4.78 is 0. The molecule has 112 valence electrons. The number of hydrogen-bond acceptors (Lipinski definition) is 2. The molecule has 6 nitrogen and oxygen atoms in total. The van der Waals surface area contributed by atoms with Gasteiger partial charge in [-0.15, -0.1) is 0 Å². The third-order valence-corrected chi connectivity index (χ3v) is 2.95. The van der Waals surface area contributed by atoms with Gasteiger partial charge in [0.1, 0.15) is 0 Å². The highest BCUT2D eigenvalue weighted by Gasteiger charge is 1.95. The Morgan fingerprint density at radius 1 is 0.579 bits per heavy atom. The van der Waals surface area contributed by atoms with Gasteiger partial charge in [0.15, 0.2) is 0 Å². The summed E-state index contributed by atoms with van der Waals surface area (Å²) in [5.74, 6) is 0. The minimum Gasteiger partial charge on any atom is -0.352 e. The normalized spacial score (nSPS) is 10.1. The van der Waals surface area contributed by atoms with Gasteiger partial charge in [0, 0.05) is 13.1 Å². The standard InChI is InChI=1S/C13H28N4O2/c14-12(18)16-10-8-6-4-2-1-3-5-7-9-11-17-13(15)19/h1-11H2,(H3,14,16,18)(H3,15,17,19). The molecule has 0 radical (unpaired) electrons. The highest BCUT2D eigenvalue weighted by atomic mass is 16.2. The lowest BCUT2D eigenvalue weighted by Crippen LogP contribution is -2.29. The van der Waals surface area contributed by atoms with Crippen LogP contribution < -0.4 is 22.1 Å². The summed E-state index contributed by atoms with van der Waals surface area (Å²) in [5, 5.41) is 5.17. The number of nitrogens with two attached hydrogens (primary N) is 2. The summed E-state index contributed by atoms with van der Waals surface area (Å²) in [6.07, 6.45) is 10.5. The fourth-order valence-corrected chi connectivity index (χ4v) is 1.91. The van der Waals surface area contributed by atoms with Crippen molar-refractivity contribution < 1.29 is 9.59 Å². The first-order chi connectivity index (χ1) is 9.13. The minimum atomic E-state index is -0.439. The van der Waals surface area contributed by atoms with Gasteiger partial charge in [0.25, 0.3) is 0 Å². The maximum Gasteiger partial charge on any atom is 0.312 e. The Labute approximate surface area is 115 Å². The van der Waals surface area contributed by atoms with Crippen molar-refractivity contribution >= 4 is 12.1 Å². The zero-order valence-electron chi connectivity index (χ0n) is 11.7. The van der Waals surface area contributed by atoms with E-state index in [0.29, 0.717) is 13.1 Å². The van der Waals surface area contributed by atoms with Crippen molar-refractivity contribution in [3.05, 3.63) is 0 Å². The largest absolute Gasteiger partial charge is 0.352 e. The molecule has 0 saturated heterocycles. The van der Waals surface area contributed by atoms with Crippen LogP contribution in [0.2, 0.25) is 0 Å². The molecule has 0 unspecified atom stereocenters. The fraction of sp³-hybridized carbons (Fsp3) is 0.846. The number of rotatable bonds is 12. The molecule has 0 aromatic heterocycles. The number of carbonyl (C=O) groups excluding carboxylic acids is 2. The van der Waals surface area contributed by atoms with E-state index >= 15 is 0 Å². The van der Waals surface area contributed by atoms with Crippen LogP contribution in [0, 0.1) is 0 Å². The van der Waals surface area contributed by atoms with Crippen LogP contribution in [0.15, 0.2) is 0 Å². The van der Waals surface area contributed by atoms with Gasteiger partial charge in [0.05, 0.1) is 0 Å². The van der Waals surface area contributed by atoms with Gasteiger partial charge in [-0.05, 0) is 12.8 Å². The van der Waals surface area contributed by atoms with Crippen LogP contribution in [-0.4, -0.2) is 25.2 Å². The molecule has 0 aromatic rings. The molecular weight excluding hydrogens is 244 g/mol. The van der Waals surface area contributed by atoms with Gasteiger partial charge >= 0.3 is 12.1 Å². The number of nitrogens with one attached hydrogen (secondary N) is 2. The Kier molecular flexibility index (Phi) is 12.0. The van der Waals surface area contributed by atoms with E-state index in [4.69, 9.17) is 11.5 Å². The second-order valence-corrected chi connectivity index (χ2v) is 4.76. The molecule has 0 aliphatic carbocycles. The van der Waals surface area contributed by atoms with Gasteiger partial charge in [0.2, 0.25) is 0 Å². The Hall–Kier alpha value is -1.46. The monoisotopic (exact) mass is 272 g/mol. The number of unbranched alkanes of at least 4 members (excludes halogenated alkanes) is 8. The zero-order valence-corrected chi connectivity index (χ0v) is 11.7. The average molecular weight is 272 g/mol. The Morgan fingerprint density at radius 3 is 1.11 bits per heavy atom. The maximum atomic E-state index is 10.4. The van der Waals surface area contributed by atoms with Crippen LogP contribution >= 0.6 is 0 Å². The van der Waals surface area contributed by atoms with Crippen LogP contribution in [-0.2, 0) is 0 Å². The topological polar surface area (TPSA) is 110 Å². The van der Waals surface area contributed by atoms with Crippen molar-refractivity contribution in [1.29, 1.82) is 0 Å². The summed E-state index contributed by atoms with van der Waals surface area (Å²) in [4.78, 5) is 20.8. The fourth-order valence-electron chi connectivity index (χ4n) is 1.91. The predicted octanol–water partition coefficient (Wildman–Crippen LogP) is 1.83. The molecule has 0 aromatic carbocycles. The van der Waals surface area contributed by atoms with Crippen molar-refractivity contribution in [3.63, 3.8) is 0 Å².